The third kappa shape index (κ3) is 3.47. The van der Waals surface area contributed by atoms with Gasteiger partial charge in [-0.2, -0.15) is 0 Å². The van der Waals surface area contributed by atoms with Crippen LogP contribution in [0.1, 0.15) is 23.8 Å². The lowest BCUT2D eigenvalue weighted by molar-refractivity contribution is -0.113. The molecule has 4 heterocycles. The molecule has 10 heteroatoms. The number of thiophene rings is 1. The van der Waals surface area contributed by atoms with Crippen molar-refractivity contribution >= 4 is 50.6 Å². The van der Waals surface area contributed by atoms with Crippen LogP contribution in [-0.2, 0) is 17.6 Å². The molecular weight excluding hydrogens is 446 g/mol. The molecule has 1 N–H and O–H groups in total. The highest BCUT2D eigenvalue weighted by Gasteiger charge is 2.24. The third-order valence-corrected chi connectivity index (χ3v) is 7.94. The van der Waals surface area contributed by atoms with Crippen LogP contribution in [0.5, 0.6) is 11.5 Å². The van der Waals surface area contributed by atoms with Crippen molar-refractivity contribution in [2.45, 2.75) is 31.3 Å². The zero-order valence-corrected chi connectivity index (χ0v) is 19.1. The largest absolute Gasteiger partial charge is 0.486 e. The minimum absolute atomic E-state index is 0.126. The van der Waals surface area contributed by atoms with E-state index in [1.54, 1.807) is 23.7 Å². The summed E-state index contributed by atoms with van der Waals surface area (Å²) in [5.41, 5.74) is 2.88. The number of fused-ring (bicyclic) bond motifs is 6. The number of nitrogens with zero attached hydrogens (tertiary/aromatic N) is 4. The molecule has 1 amide bonds. The van der Waals surface area contributed by atoms with Crippen molar-refractivity contribution in [2.75, 3.05) is 24.3 Å². The van der Waals surface area contributed by atoms with Crippen molar-refractivity contribution in [1.29, 1.82) is 0 Å². The standard InChI is InChI=1S/C22H21N5O3S2/c1-12-2-4-14-17(8-12)32-21-19(14)20-25-26-22(27(20)11-23-21)31-10-18(28)24-13-3-5-15-16(9-13)30-7-6-29-15/h3,5,9,11-12H,2,4,6-8,10H2,1H3,(H,24,28). The van der Waals surface area contributed by atoms with Gasteiger partial charge in [0.1, 0.15) is 24.4 Å². The van der Waals surface area contributed by atoms with Crippen LogP contribution in [0.25, 0.3) is 15.9 Å². The lowest BCUT2D eigenvalue weighted by Gasteiger charge is -2.18. The van der Waals surface area contributed by atoms with E-state index in [0.717, 1.165) is 28.7 Å². The molecule has 8 nitrogen and oxygen atoms in total. The van der Waals surface area contributed by atoms with Gasteiger partial charge in [0.05, 0.1) is 11.1 Å². The quantitative estimate of drug-likeness (QED) is 0.454. The van der Waals surface area contributed by atoms with Gasteiger partial charge in [0, 0.05) is 16.6 Å². The average Bonchev–Trinajstić information content (AvgIpc) is 3.37. The number of benzene rings is 1. The smallest absolute Gasteiger partial charge is 0.234 e. The second-order valence-electron chi connectivity index (χ2n) is 8.15. The zero-order valence-electron chi connectivity index (χ0n) is 17.5. The fourth-order valence-corrected chi connectivity index (χ4v) is 6.31. The molecule has 0 bridgehead atoms. The molecule has 1 aliphatic carbocycles. The Kier molecular flexibility index (Phi) is 4.91. The van der Waals surface area contributed by atoms with E-state index in [0.29, 0.717) is 41.5 Å². The summed E-state index contributed by atoms with van der Waals surface area (Å²) in [7, 11) is 0. The zero-order chi connectivity index (χ0) is 21.7. The second-order valence-corrected chi connectivity index (χ2v) is 10.2. The second kappa shape index (κ2) is 7.93. The number of carbonyl (C=O) groups excluding carboxylic acids is 1. The molecule has 1 atom stereocenters. The van der Waals surface area contributed by atoms with Gasteiger partial charge in [0.15, 0.2) is 22.3 Å². The summed E-state index contributed by atoms with van der Waals surface area (Å²) < 4.78 is 13.0. The molecule has 1 aliphatic heterocycles. The summed E-state index contributed by atoms with van der Waals surface area (Å²) in [4.78, 5) is 19.7. The Morgan fingerprint density at radius 1 is 1.28 bits per heavy atom. The highest BCUT2D eigenvalue weighted by molar-refractivity contribution is 7.99. The molecule has 6 rings (SSSR count). The third-order valence-electron chi connectivity index (χ3n) is 5.83. The number of hydrogen-bond acceptors (Lipinski definition) is 8. The Balaban J connectivity index is 1.20. The van der Waals surface area contributed by atoms with Crippen LogP contribution in [-0.4, -0.2) is 44.5 Å². The maximum Gasteiger partial charge on any atom is 0.234 e. The van der Waals surface area contributed by atoms with Gasteiger partial charge >= 0.3 is 0 Å². The first-order valence-electron chi connectivity index (χ1n) is 10.6. The summed E-state index contributed by atoms with van der Waals surface area (Å²) in [5, 5.41) is 13.5. The molecule has 0 saturated heterocycles. The van der Waals surface area contributed by atoms with Gasteiger partial charge in [-0.1, -0.05) is 18.7 Å². The van der Waals surface area contributed by atoms with Crippen LogP contribution in [0.3, 0.4) is 0 Å². The number of nitrogens with one attached hydrogen (secondary N) is 1. The molecular formula is C22H21N5O3S2. The van der Waals surface area contributed by atoms with Crippen LogP contribution >= 0.6 is 23.1 Å². The highest BCUT2D eigenvalue weighted by Crippen LogP contribution is 2.39. The van der Waals surface area contributed by atoms with E-state index >= 15 is 0 Å². The fraction of sp³-hybridized carbons (Fsp3) is 0.364. The summed E-state index contributed by atoms with van der Waals surface area (Å²) in [6, 6.07) is 5.40. The van der Waals surface area contributed by atoms with Crippen molar-refractivity contribution in [3.05, 3.63) is 35.0 Å². The Labute approximate surface area is 192 Å². The van der Waals surface area contributed by atoms with Crippen LogP contribution in [0.4, 0.5) is 5.69 Å². The van der Waals surface area contributed by atoms with E-state index in [-0.39, 0.29) is 11.7 Å². The topological polar surface area (TPSA) is 90.6 Å². The van der Waals surface area contributed by atoms with E-state index < -0.39 is 0 Å². The van der Waals surface area contributed by atoms with Crippen LogP contribution in [0.15, 0.2) is 29.7 Å². The van der Waals surface area contributed by atoms with Crippen LogP contribution < -0.4 is 14.8 Å². The first kappa shape index (κ1) is 19.8. The maximum absolute atomic E-state index is 12.5. The molecule has 0 radical (unpaired) electrons. The SMILES string of the molecule is CC1CCc2c(sc3ncn4c(SCC(=O)Nc5ccc6c(c5)OCCO6)nnc4c23)C1. The molecule has 0 fully saturated rings. The average molecular weight is 468 g/mol. The van der Waals surface area contributed by atoms with Crippen molar-refractivity contribution in [3.63, 3.8) is 0 Å². The van der Waals surface area contributed by atoms with E-state index in [1.807, 2.05) is 16.5 Å². The van der Waals surface area contributed by atoms with E-state index in [4.69, 9.17) is 9.47 Å². The summed E-state index contributed by atoms with van der Waals surface area (Å²) in [5.74, 6) is 2.14. The number of aryl methyl sites for hydroxylation is 1. The normalized spacial score (nSPS) is 17.5. The first-order valence-corrected chi connectivity index (χ1v) is 12.4. The van der Waals surface area contributed by atoms with Gasteiger partial charge < -0.3 is 14.8 Å². The molecule has 0 saturated carbocycles. The number of anilines is 1. The Hall–Kier alpha value is -2.85. The highest BCUT2D eigenvalue weighted by atomic mass is 32.2. The molecule has 2 aliphatic rings. The van der Waals surface area contributed by atoms with E-state index in [9.17, 15) is 4.79 Å². The van der Waals surface area contributed by atoms with Gasteiger partial charge in [-0.15, -0.1) is 21.5 Å². The Bertz CT molecular complexity index is 1350. The first-order chi connectivity index (χ1) is 15.7. The van der Waals surface area contributed by atoms with Crippen molar-refractivity contribution in [2.24, 2.45) is 5.92 Å². The number of amides is 1. The van der Waals surface area contributed by atoms with Crippen molar-refractivity contribution in [3.8, 4) is 11.5 Å². The van der Waals surface area contributed by atoms with E-state index in [1.165, 1.54) is 28.6 Å². The lowest BCUT2D eigenvalue weighted by atomic mass is 9.89. The predicted octanol–water partition coefficient (Wildman–Crippen LogP) is 3.97. The predicted molar refractivity (Wildman–Crippen MR) is 124 cm³/mol. The lowest BCUT2D eigenvalue weighted by Crippen LogP contribution is -2.17. The number of aromatic nitrogens is 4. The number of thioether (sulfide) groups is 1. The van der Waals surface area contributed by atoms with Gasteiger partial charge in [0.2, 0.25) is 5.91 Å². The molecule has 4 aromatic rings. The summed E-state index contributed by atoms with van der Waals surface area (Å²) in [6.45, 7) is 3.35. The minimum Gasteiger partial charge on any atom is -0.486 e. The molecule has 1 unspecified atom stereocenters. The van der Waals surface area contributed by atoms with Crippen LogP contribution in [0, 0.1) is 5.92 Å². The number of hydrogen-bond donors (Lipinski definition) is 1. The monoisotopic (exact) mass is 467 g/mol. The molecule has 32 heavy (non-hydrogen) atoms. The number of carbonyl (C=O) groups is 1. The Morgan fingerprint density at radius 3 is 3.06 bits per heavy atom. The summed E-state index contributed by atoms with van der Waals surface area (Å²) in [6.07, 6.45) is 5.13. The maximum atomic E-state index is 12.5. The fourth-order valence-electron chi connectivity index (χ4n) is 4.27. The molecule has 164 valence electrons. The van der Waals surface area contributed by atoms with Gasteiger partial charge in [-0.3, -0.25) is 9.20 Å². The van der Waals surface area contributed by atoms with Gasteiger partial charge in [-0.05, 0) is 42.9 Å². The van der Waals surface area contributed by atoms with Crippen LogP contribution in [0.2, 0.25) is 0 Å². The molecule has 0 spiro atoms. The van der Waals surface area contributed by atoms with Crippen molar-refractivity contribution in [1.82, 2.24) is 19.6 Å². The van der Waals surface area contributed by atoms with Gasteiger partial charge in [0.25, 0.3) is 0 Å². The summed E-state index contributed by atoms with van der Waals surface area (Å²) >= 11 is 3.12. The van der Waals surface area contributed by atoms with Crippen molar-refractivity contribution < 1.29 is 14.3 Å². The molecule has 3 aromatic heterocycles. The minimum atomic E-state index is -0.126. The van der Waals surface area contributed by atoms with E-state index in [2.05, 4.69) is 27.4 Å². The number of rotatable bonds is 4. The Morgan fingerprint density at radius 2 is 2.16 bits per heavy atom. The molecule has 1 aromatic carbocycles. The van der Waals surface area contributed by atoms with Gasteiger partial charge in [-0.25, -0.2) is 4.98 Å². The number of ether oxygens (including phenoxy) is 2.